The molecule has 38 heavy (non-hydrogen) atoms. The molecular formula is C29H31N7O2. The van der Waals surface area contributed by atoms with Crippen LogP contribution in [0.5, 0.6) is 11.5 Å². The van der Waals surface area contributed by atoms with E-state index in [9.17, 15) is 4.79 Å². The zero-order chi connectivity index (χ0) is 27.1. The number of nitrogens with one attached hydrogen (secondary N) is 2. The van der Waals surface area contributed by atoms with Gasteiger partial charge >= 0.3 is 0 Å². The molecule has 0 saturated carbocycles. The van der Waals surface area contributed by atoms with Crippen molar-refractivity contribution in [1.82, 2.24) is 14.9 Å². The summed E-state index contributed by atoms with van der Waals surface area (Å²) >= 11 is 0. The number of likely N-dealkylation sites (N-methyl/N-ethyl adjacent to an activating group) is 2. The molecule has 4 N–H and O–H groups in total. The van der Waals surface area contributed by atoms with Gasteiger partial charge in [-0.25, -0.2) is 4.98 Å². The number of pyridine rings is 2. The van der Waals surface area contributed by atoms with Gasteiger partial charge in [0.25, 0.3) is 5.91 Å². The van der Waals surface area contributed by atoms with Crippen molar-refractivity contribution in [2.45, 2.75) is 0 Å². The number of hydrogen-bond donors (Lipinski definition) is 3. The van der Waals surface area contributed by atoms with Crippen molar-refractivity contribution < 1.29 is 9.53 Å². The largest absolute Gasteiger partial charge is 0.456 e. The van der Waals surface area contributed by atoms with Gasteiger partial charge in [0.15, 0.2) is 0 Å². The molecule has 4 aromatic rings. The van der Waals surface area contributed by atoms with E-state index in [2.05, 4.69) is 20.2 Å². The quantitative estimate of drug-likeness (QED) is 0.212. The van der Waals surface area contributed by atoms with Gasteiger partial charge in [-0.15, -0.1) is 0 Å². The van der Waals surface area contributed by atoms with Crippen LogP contribution in [0.2, 0.25) is 0 Å². The Labute approximate surface area is 222 Å². The van der Waals surface area contributed by atoms with Gasteiger partial charge in [-0.3, -0.25) is 15.2 Å². The standard InChI is InChI=1S/C29H31N7O2/c1-35(2)13-14-36(3)27-12-10-22(18-33-27)34-29(37)28(31)25-16-20(9-11-26(25)30)21-15-24(19-32-17-21)38-23-7-5-4-6-8-23/h4-12,15-19,31H,13-14,30H2,1-3H3,(H,34,37). The minimum absolute atomic E-state index is 0.249. The van der Waals surface area contributed by atoms with Crippen molar-refractivity contribution in [2.75, 3.05) is 50.2 Å². The molecule has 2 heterocycles. The Kier molecular flexibility index (Phi) is 8.30. The highest BCUT2D eigenvalue weighted by Crippen LogP contribution is 2.28. The molecule has 0 fully saturated rings. The highest BCUT2D eigenvalue weighted by molar-refractivity contribution is 6.48. The third-order valence-corrected chi connectivity index (χ3v) is 5.85. The highest BCUT2D eigenvalue weighted by atomic mass is 16.5. The summed E-state index contributed by atoms with van der Waals surface area (Å²) in [6.07, 6.45) is 4.90. The summed E-state index contributed by atoms with van der Waals surface area (Å²) in [7, 11) is 6.01. The lowest BCUT2D eigenvalue weighted by molar-refractivity contribution is -0.110. The van der Waals surface area contributed by atoms with Crippen LogP contribution in [0.3, 0.4) is 0 Å². The van der Waals surface area contributed by atoms with E-state index in [4.69, 9.17) is 15.9 Å². The van der Waals surface area contributed by atoms with Crippen LogP contribution in [0.4, 0.5) is 17.2 Å². The summed E-state index contributed by atoms with van der Waals surface area (Å²) in [5.74, 6) is 1.49. The molecule has 194 valence electrons. The van der Waals surface area contributed by atoms with Crippen molar-refractivity contribution in [2.24, 2.45) is 0 Å². The van der Waals surface area contributed by atoms with Crippen LogP contribution in [0.25, 0.3) is 11.1 Å². The van der Waals surface area contributed by atoms with Crippen LogP contribution in [0, 0.1) is 5.41 Å². The number of rotatable bonds is 10. The molecule has 0 bridgehead atoms. The van der Waals surface area contributed by atoms with Gasteiger partial charge in [-0.2, -0.15) is 0 Å². The molecule has 0 saturated heterocycles. The Morgan fingerprint density at radius 2 is 1.71 bits per heavy atom. The van der Waals surface area contributed by atoms with Gasteiger partial charge in [-0.1, -0.05) is 24.3 Å². The molecular weight excluding hydrogens is 478 g/mol. The van der Waals surface area contributed by atoms with Crippen LogP contribution in [-0.4, -0.2) is 60.7 Å². The van der Waals surface area contributed by atoms with E-state index < -0.39 is 5.91 Å². The number of ether oxygens (including phenoxy) is 1. The Bertz CT molecular complexity index is 1410. The van der Waals surface area contributed by atoms with Gasteiger partial charge in [0.2, 0.25) is 0 Å². The number of benzene rings is 2. The van der Waals surface area contributed by atoms with E-state index in [1.807, 2.05) is 74.6 Å². The summed E-state index contributed by atoms with van der Waals surface area (Å²) in [5, 5.41) is 11.3. The first-order valence-electron chi connectivity index (χ1n) is 12.1. The summed E-state index contributed by atoms with van der Waals surface area (Å²) < 4.78 is 5.89. The number of aromatic nitrogens is 2. The second kappa shape index (κ2) is 12.0. The maximum atomic E-state index is 12.9. The minimum atomic E-state index is -0.580. The summed E-state index contributed by atoms with van der Waals surface area (Å²) in [5.41, 5.74) is 8.57. The molecule has 2 aromatic heterocycles. The summed E-state index contributed by atoms with van der Waals surface area (Å²) in [4.78, 5) is 25.7. The molecule has 0 aliphatic carbocycles. The molecule has 0 aliphatic heterocycles. The van der Waals surface area contributed by atoms with Gasteiger partial charge < -0.3 is 25.6 Å². The van der Waals surface area contributed by atoms with Crippen molar-refractivity contribution >= 4 is 28.8 Å². The van der Waals surface area contributed by atoms with Gasteiger partial charge in [0.1, 0.15) is 23.0 Å². The number of hydrogen-bond acceptors (Lipinski definition) is 8. The molecule has 2 aromatic carbocycles. The Morgan fingerprint density at radius 3 is 2.42 bits per heavy atom. The molecule has 0 radical (unpaired) electrons. The van der Waals surface area contributed by atoms with Crippen molar-refractivity contribution in [1.29, 1.82) is 5.41 Å². The lowest BCUT2D eigenvalue weighted by Crippen LogP contribution is -2.29. The molecule has 0 unspecified atom stereocenters. The molecule has 4 rings (SSSR count). The minimum Gasteiger partial charge on any atom is -0.456 e. The zero-order valence-electron chi connectivity index (χ0n) is 21.7. The first-order valence-corrected chi connectivity index (χ1v) is 12.1. The molecule has 9 nitrogen and oxygen atoms in total. The second-order valence-corrected chi connectivity index (χ2v) is 9.09. The third-order valence-electron chi connectivity index (χ3n) is 5.85. The average molecular weight is 510 g/mol. The van der Waals surface area contributed by atoms with Crippen LogP contribution in [0.15, 0.2) is 85.3 Å². The zero-order valence-corrected chi connectivity index (χ0v) is 21.7. The fourth-order valence-electron chi connectivity index (χ4n) is 3.68. The van der Waals surface area contributed by atoms with E-state index in [-0.39, 0.29) is 5.71 Å². The van der Waals surface area contributed by atoms with Gasteiger partial charge in [0.05, 0.1) is 18.1 Å². The predicted molar refractivity (Wildman–Crippen MR) is 152 cm³/mol. The maximum Gasteiger partial charge on any atom is 0.274 e. The Morgan fingerprint density at radius 1 is 0.921 bits per heavy atom. The predicted octanol–water partition coefficient (Wildman–Crippen LogP) is 4.52. The number of carbonyl (C=O) groups excluding carboxylic acids is 1. The van der Waals surface area contributed by atoms with Crippen LogP contribution in [-0.2, 0) is 4.79 Å². The van der Waals surface area contributed by atoms with Crippen molar-refractivity contribution in [3.8, 4) is 22.6 Å². The first-order chi connectivity index (χ1) is 18.3. The average Bonchev–Trinajstić information content (AvgIpc) is 2.92. The molecule has 0 aliphatic rings. The number of carbonyl (C=O) groups is 1. The lowest BCUT2D eigenvalue weighted by Gasteiger charge is -2.20. The third kappa shape index (κ3) is 6.71. The number of nitrogen functional groups attached to an aromatic ring is 1. The highest BCUT2D eigenvalue weighted by Gasteiger charge is 2.17. The number of para-hydroxylation sites is 1. The smallest absolute Gasteiger partial charge is 0.274 e. The number of nitrogens with two attached hydrogens (primary N) is 1. The Hall–Kier alpha value is -4.76. The summed E-state index contributed by atoms with van der Waals surface area (Å²) in [6, 6.07) is 20.1. The van der Waals surface area contributed by atoms with Crippen LogP contribution in [0.1, 0.15) is 5.56 Å². The Balaban J connectivity index is 1.46. The van der Waals surface area contributed by atoms with E-state index >= 15 is 0 Å². The second-order valence-electron chi connectivity index (χ2n) is 9.09. The fourth-order valence-corrected chi connectivity index (χ4v) is 3.68. The molecule has 0 spiro atoms. The topological polar surface area (TPSA) is 120 Å². The van der Waals surface area contributed by atoms with Crippen LogP contribution < -0.4 is 20.7 Å². The summed E-state index contributed by atoms with van der Waals surface area (Å²) in [6.45, 7) is 1.72. The molecule has 9 heteroatoms. The van der Waals surface area contributed by atoms with E-state index in [0.717, 1.165) is 30.0 Å². The number of nitrogens with zero attached hydrogens (tertiary/aromatic N) is 4. The number of amides is 1. The normalized spacial score (nSPS) is 10.7. The number of anilines is 3. The lowest BCUT2D eigenvalue weighted by atomic mass is 10.00. The van der Waals surface area contributed by atoms with Gasteiger partial charge in [-0.05, 0) is 62.1 Å². The SMILES string of the molecule is CN(C)CCN(C)c1ccc(NC(=O)C(=N)c2cc(-c3cncc(Oc4ccccc4)c3)ccc2N)cn1. The maximum absolute atomic E-state index is 12.9. The fraction of sp³-hybridized carbons (Fsp3) is 0.172. The monoisotopic (exact) mass is 509 g/mol. The molecule has 1 amide bonds. The van der Waals surface area contributed by atoms with E-state index in [0.29, 0.717) is 28.4 Å². The molecule has 0 atom stereocenters. The van der Waals surface area contributed by atoms with Gasteiger partial charge in [0, 0.05) is 43.1 Å². The van der Waals surface area contributed by atoms with E-state index in [1.165, 1.54) is 0 Å². The van der Waals surface area contributed by atoms with E-state index in [1.54, 1.807) is 36.8 Å². The van der Waals surface area contributed by atoms with Crippen LogP contribution >= 0.6 is 0 Å². The first kappa shape index (κ1) is 26.3. The van der Waals surface area contributed by atoms with Crippen molar-refractivity contribution in [3.05, 3.63) is 90.9 Å². The van der Waals surface area contributed by atoms with Crippen molar-refractivity contribution in [3.63, 3.8) is 0 Å².